The van der Waals surface area contributed by atoms with Gasteiger partial charge in [-0.05, 0) is 28.1 Å². The summed E-state index contributed by atoms with van der Waals surface area (Å²) in [6, 6.07) is 3.14. The molecule has 2 rings (SSSR count). The summed E-state index contributed by atoms with van der Waals surface area (Å²) in [6.45, 7) is 0. The first-order chi connectivity index (χ1) is 8.15. The average Bonchev–Trinajstić information content (AvgIpc) is 2.33. The van der Waals surface area contributed by atoms with Gasteiger partial charge in [0.25, 0.3) is 5.91 Å². The molecule has 7 heteroatoms. The monoisotopic (exact) mass is 293 g/mol. The number of carbonyl (C=O) groups excluding carboxylic acids is 1. The van der Waals surface area contributed by atoms with Gasteiger partial charge in [-0.2, -0.15) is 0 Å². The van der Waals surface area contributed by atoms with Crippen LogP contribution in [0.15, 0.2) is 35.3 Å². The van der Waals surface area contributed by atoms with Crippen LogP contribution in [0.4, 0.5) is 11.6 Å². The van der Waals surface area contributed by atoms with Crippen LogP contribution in [-0.2, 0) is 0 Å². The van der Waals surface area contributed by atoms with E-state index in [9.17, 15) is 4.79 Å². The summed E-state index contributed by atoms with van der Waals surface area (Å²) >= 11 is 3.15. The normalized spacial score (nSPS) is 9.94. The summed E-state index contributed by atoms with van der Waals surface area (Å²) in [5.74, 6) is 0.425. The zero-order chi connectivity index (χ0) is 12.3. The molecule has 86 valence electrons. The SMILES string of the molecule is Nc1ccc(C(=O)Nc2cnc(Br)cn2)cn1. The zero-order valence-corrected chi connectivity index (χ0v) is 10.2. The Bertz CT molecular complexity index is 525. The molecule has 0 saturated carbocycles. The van der Waals surface area contributed by atoms with Gasteiger partial charge in [0, 0.05) is 6.20 Å². The van der Waals surface area contributed by atoms with E-state index in [2.05, 4.69) is 36.2 Å². The Hall–Kier alpha value is -2.02. The molecule has 0 aliphatic rings. The van der Waals surface area contributed by atoms with Crippen LogP contribution in [-0.4, -0.2) is 20.9 Å². The van der Waals surface area contributed by atoms with Gasteiger partial charge in [0.15, 0.2) is 5.82 Å². The molecule has 3 N–H and O–H groups in total. The van der Waals surface area contributed by atoms with Gasteiger partial charge in [-0.15, -0.1) is 0 Å². The third kappa shape index (κ3) is 2.97. The van der Waals surface area contributed by atoms with E-state index < -0.39 is 0 Å². The van der Waals surface area contributed by atoms with E-state index in [-0.39, 0.29) is 5.91 Å². The Labute approximate surface area is 105 Å². The quantitative estimate of drug-likeness (QED) is 0.874. The Morgan fingerprint density at radius 1 is 1.18 bits per heavy atom. The van der Waals surface area contributed by atoms with Crippen LogP contribution < -0.4 is 11.1 Å². The maximum atomic E-state index is 11.7. The molecular formula is C10H8BrN5O. The van der Waals surface area contributed by atoms with Crippen molar-refractivity contribution < 1.29 is 4.79 Å². The number of halogens is 1. The summed E-state index contributed by atoms with van der Waals surface area (Å²) in [4.78, 5) is 23.5. The second-order valence-corrected chi connectivity index (χ2v) is 3.96. The largest absolute Gasteiger partial charge is 0.384 e. The van der Waals surface area contributed by atoms with Gasteiger partial charge < -0.3 is 11.1 Å². The molecule has 0 unspecified atom stereocenters. The third-order valence-corrected chi connectivity index (χ3v) is 2.32. The first kappa shape index (κ1) is 11.5. The van der Waals surface area contributed by atoms with Crippen molar-refractivity contribution in [3.05, 3.63) is 40.9 Å². The number of carbonyl (C=O) groups is 1. The molecule has 2 heterocycles. The molecule has 17 heavy (non-hydrogen) atoms. The van der Waals surface area contributed by atoms with Gasteiger partial charge in [0.05, 0.1) is 18.0 Å². The molecule has 0 spiro atoms. The Balaban J connectivity index is 2.11. The standard InChI is InChI=1S/C10H8BrN5O/c11-7-4-15-9(5-13-7)16-10(17)6-1-2-8(12)14-3-6/h1-5H,(H2,12,14)(H,15,16,17). The van der Waals surface area contributed by atoms with Crippen molar-refractivity contribution >= 4 is 33.5 Å². The fourth-order valence-corrected chi connectivity index (χ4v) is 1.31. The van der Waals surface area contributed by atoms with E-state index in [0.29, 0.717) is 21.8 Å². The Kier molecular flexibility index (Phi) is 3.29. The highest BCUT2D eigenvalue weighted by Gasteiger charge is 2.07. The molecule has 0 aliphatic heterocycles. The summed E-state index contributed by atoms with van der Waals surface area (Å²) in [7, 11) is 0. The zero-order valence-electron chi connectivity index (χ0n) is 8.59. The van der Waals surface area contributed by atoms with Crippen molar-refractivity contribution in [1.29, 1.82) is 0 Å². The van der Waals surface area contributed by atoms with E-state index in [1.54, 1.807) is 12.1 Å². The molecule has 6 nitrogen and oxygen atoms in total. The van der Waals surface area contributed by atoms with Crippen molar-refractivity contribution in [2.75, 3.05) is 11.1 Å². The smallest absolute Gasteiger partial charge is 0.258 e. The lowest BCUT2D eigenvalue weighted by Gasteiger charge is -2.03. The molecule has 0 atom stereocenters. The van der Waals surface area contributed by atoms with Crippen molar-refractivity contribution in [2.45, 2.75) is 0 Å². The van der Waals surface area contributed by atoms with E-state index in [1.165, 1.54) is 18.6 Å². The highest BCUT2D eigenvalue weighted by Crippen LogP contribution is 2.08. The number of amides is 1. The van der Waals surface area contributed by atoms with E-state index >= 15 is 0 Å². The van der Waals surface area contributed by atoms with Gasteiger partial charge in [-0.25, -0.2) is 15.0 Å². The predicted octanol–water partition coefficient (Wildman–Crippen LogP) is 1.47. The Morgan fingerprint density at radius 2 is 2.00 bits per heavy atom. The summed E-state index contributed by atoms with van der Waals surface area (Å²) in [6.07, 6.45) is 4.35. The summed E-state index contributed by atoms with van der Waals surface area (Å²) in [5, 5.41) is 2.59. The first-order valence-electron chi connectivity index (χ1n) is 4.65. The third-order valence-electron chi connectivity index (χ3n) is 1.91. The van der Waals surface area contributed by atoms with Crippen LogP contribution >= 0.6 is 15.9 Å². The molecule has 0 aliphatic carbocycles. The molecule has 0 radical (unpaired) electrons. The van der Waals surface area contributed by atoms with Gasteiger partial charge in [-0.3, -0.25) is 4.79 Å². The van der Waals surface area contributed by atoms with Gasteiger partial charge in [0.1, 0.15) is 10.4 Å². The molecule has 2 aromatic rings. The van der Waals surface area contributed by atoms with E-state index in [1.807, 2.05) is 0 Å². The number of anilines is 2. The fourth-order valence-electron chi connectivity index (χ4n) is 1.10. The fraction of sp³-hybridized carbons (Fsp3) is 0. The summed E-state index contributed by atoms with van der Waals surface area (Å²) in [5.41, 5.74) is 5.83. The summed E-state index contributed by atoms with van der Waals surface area (Å²) < 4.78 is 0.602. The number of nitrogens with zero attached hydrogens (tertiary/aromatic N) is 3. The molecule has 0 aromatic carbocycles. The lowest BCUT2D eigenvalue weighted by Crippen LogP contribution is -2.13. The van der Waals surface area contributed by atoms with Gasteiger partial charge in [0.2, 0.25) is 0 Å². The van der Waals surface area contributed by atoms with Crippen molar-refractivity contribution in [3.63, 3.8) is 0 Å². The first-order valence-corrected chi connectivity index (χ1v) is 5.45. The molecule has 0 fully saturated rings. The topological polar surface area (TPSA) is 93.8 Å². The van der Waals surface area contributed by atoms with Crippen LogP contribution in [0.3, 0.4) is 0 Å². The minimum absolute atomic E-state index is 0.311. The number of hydrogen-bond acceptors (Lipinski definition) is 5. The van der Waals surface area contributed by atoms with Crippen LogP contribution in [0.2, 0.25) is 0 Å². The van der Waals surface area contributed by atoms with Crippen LogP contribution in [0.25, 0.3) is 0 Å². The molecule has 0 saturated heterocycles. The number of nitrogen functional groups attached to an aromatic ring is 1. The number of aromatic nitrogens is 3. The number of rotatable bonds is 2. The van der Waals surface area contributed by atoms with Crippen LogP contribution in [0.5, 0.6) is 0 Å². The van der Waals surface area contributed by atoms with Crippen LogP contribution in [0, 0.1) is 0 Å². The molecule has 0 bridgehead atoms. The Morgan fingerprint density at radius 3 is 2.59 bits per heavy atom. The lowest BCUT2D eigenvalue weighted by molar-refractivity contribution is 0.102. The number of hydrogen-bond donors (Lipinski definition) is 2. The minimum Gasteiger partial charge on any atom is -0.384 e. The number of pyridine rings is 1. The maximum Gasteiger partial charge on any atom is 0.258 e. The molecular weight excluding hydrogens is 286 g/mol. The van der Waals surface area contributed by atoms with Crippen molar-refractivity contribution in [2.24, 2.45) is 0 Å². The van der Waals surface area contributed by atoms with Crippen molar-refractivity contribution in [3.8, 4) is 0 Å². The second kappa shape index (κ2) is 4.88. The molecule has 1 amide bonds. The lowest BCUT2D eigenvalue weighted by atomic mass is 10.2. The van der Waals surface area contributed by atoms with E-state index in [0.717, 1.165) is 0 Å². The van der Waals surface area contributed by atoms with E-state index in [4.69, 9.17) is 5.73 Å². The minimum atomic E-state index is -0.311. The number of nitrogens with two attached hydrogens (primary N) is 1. The van der Waals surface area contributed by atoms with Gasteiger partial charge in [-0.1, -0.05) is 0 Å². The highest BCUT2D eigenvalue weighted by molar-refractivity contribution is 9.10. The molecule has 2 aromatic heterocycles. The van der Waals surface area contributed by atoms with Crippen LogP contribution in [0.1, 0.15) is 10.4 Å². The maximum absolute atomic E-state index is 11.7. The van der Waals surface area contributed by atoms with Gasteiger partial charge >= 0.3 is 0 Å². The highest BCUT2D eigenvalue weighted by atomic mass is 79.9. The second-order valence-electron chi connectivity index (χ2n) is 3.15. The predicted molar refractivity (Wildman–Crippen MR) is 66.3 cm³/mol. The number of nitrogens with one attached hydrogen (secondary N) is 1. The average molecular weight is 294 g/mol. The van der Waals surface area contributed by atoms with Crippen molar-refractivity contribution in [1.82, 2.24) is 15.0 Å².